The van der Waals surface area contributed by atoms with Gasteiger partial charge in [0.1, 0.15) is 18.5 Å². The van der Waals surface area contributed by atoms with Crippen molar-refractivity contribution in [3.63, 3.8) is 0 Å². The highest BCUT2D eigenvalue weighted by Gasteiger charge is 2.21. The number of methoxy groups -OCH3 is 1. The molecule has 1 unspecified atom stereocenters. The van der Waals surface area contributed by atoms with Crippen LogP contribution in [0, 0.1) is 0 Å². The van der Waals surface area contributed by atoms with Gasteiger partial charge in [-0.2, -0.15) is 4.98 Å². The number of ether oxygens (including phenoxy) is 2. The monoisotopic (exact) mass is 344 g/mol. The lowest BCUT2D eigenvalue weighted by atomic mass is 10.2. The van der Waals surface area contributed by atoms with E-state index in [1.165, 1.54) is 0 Å². The zero-order valence-electron chi connectivity index (χ0n) is 14.4. The van der Waals surface area contributed by atoms with Gasteiger partial charge >= 0.3 is 0 Å². The molecule has 1 aromatic heterocycles. The first-order chi connectivity index (χ1) is 12.2. The van der Waals surface area contributed by atoms with Crippen LogP contribution in [0.1, 0.15) is 0 Å². The van der Waals surface area contributed by atoms with Crippen molar-refractivity contribution in [2.75, 3.05) is 51.3 Å². The van der Waals surface area contributed by atoms with E-state index in [0.717, 1.165) is 31.9 Å². The summed E-state index contributed by atoms with van der Waals surface area (Å²) in [5, 5.41) is 10.2. The van der Waals surface area contributed by atoms with E-state index < -0.39 is 6.10 Å². The van der Waals surface area contributed by atoms with Gasteiger partial charge < -0.3 is 19.5 Å². The van der Waals surface area contributed by atoms with Gasteiger partial charge in [-0.15, -0.1) is 0 Å². The second-order valence-corrected chi connectivity index (χ2v) is 5.96. The summed E-state index contributed by atoms with van der Waals surface area (Å²) < 4.78 is 10.8. The lowest BCUT2D eigenvalue weighted by Gasteiger charge is -2.35. The Kier molecular flexibility index (Phi) is 6.03. The highest BCUT2D eigenvalue weighted by atomic mass is 16.5. The van der Waals surface area contributed by atoms with Crippen molar-refractivity contribution in [2.24, 2.45) is 0 Å². The maximum absolute atomic E-state index is 10.2. The summed E-state index contributed by atoms with van der Waals surface area (Å²) in [5.41, 5.74) is 0. The van der Waals surface area contributed by atoms with Crippen LogP contribution in [0.15, 0.2) is 42.6 Å². The maximum Gasteiger partial charge on any atom is 0.228 e. The summed E-state index contributed by atoms with van der Waals surface area (Å²) in [6, 6.07) is 11.3. The molecule has 2 heterocycles. The summed E-state index contributed by atoms with van der Waals surface area (Å²) in [6.45, 7) is 4.23. The number of nitrogens with zero attached hydrogens (tertiary/aromatic N) is 4. The van der Waals surface area contributed by atoms with Gasteiger partial charge in [0.15, 0.2) is 0 Å². The quantitative estimate of drug-likeness (QED) is 0.805. The number of para-hydroxylation sites is 1. The normalized spacial score (nSPS) is 16.5. The molecule has 2 aromatic rings. The minimum atomic E-state index is -0.514. The van der Waals surface area contributed by atoms with Crippen molar-refractivity contribution in [1.29, 1.82) is 0 Å². The zero-order chi connectivity index (χ0) is 17.5. The Labute approximate surface area is 147 Å². The number of benzene rings is 1. The van der Waals surface area contributed by atoms with Crippen LogP contribution in [0.3, 0.4) is 0 Å². The number of aromatic nitrogens is 2. The molecule has 0 saturated carbocycles. The summed E-state index contributed by atoms with van der Waals surface area (Å²) in [5.74, 6) is 2.04. The fraction of sp³-hybridized carbons (Fsp3) is 0.444. The second-order valence-electron chi connectivity index (χ2n) is 5.96. The van der Waals surface area contributed by atoms with Crippen molar-refractivity contribution < 1.29 is 14.6 Å². The van der Waals surface area contributed by atoms with Crippen LogP contribution in [-0.2, 0) is 0 Å². The Bertz CT molecular complexity index is 648. The molecule has 3 rings (SSSR count). The Morgan fingerprint density at radius 3 is 2.60 bits per heavy atom. The van der Waals surface area contributed by atoms with E-state index in [1.54, 1.807) is 19.4 Å². The molecule has 1 N–H and O–H groups in total. The maximum atomic E-state index is 10.2. The Morgan fingerprint density at radius 2 is 1.88 bits per heavy atom. The fourth-order valence-electron chi connectivity index (χ4n) is 2.79. The van der Waals surface area contributed by atoms with Crippen LogP contribution in [0.5, 0.6) is 11.6 Å². The zero-order valence-corrected chi connectivity index (χ0v) is 14.4. The van der Waals surface area contributed by atoms with E-state index >= 15 is 0 Å². The van der Waals surface area contributed by atoms with Crippen molar-refractivity contribution in [3.05, 3.63) is 42.6 Å². The Morgan fingerprint density at radius 1 is 1.12 bits per heavy atom. The summed E-state index contributed by atoms with van der Waals surface area (Å²) in [4.78, 5) is 13.0. The second kappa shape index (κ2) is 8.64. The van der Waals surface area contributed by atoms with Gasteiger partial charge in [-0.25, -0.2) is 4.98 Å². The third-order valence-corrected chi connectivity index (χ3v) is 4.14. The lowest BCUT2D eigenvalue weighted by molar-refractivity contribution is 0.0662. The van der Waals surface area contributed by atoms with E-state index in [1.807, 2.05) is 30.3 Å². The molecule has 1 aliphatic rings. The number of hydrogen-bond acceptors (Lipinski definition) is 7. The molecule has 0 bridgehead atoms. The van der Waals surface area contributed by atoms with Gasteiger partial charge in [0.25, 0.3) is 0 Å². The Hall–Kier alpha value is -2.38. The first-order valence-corrected chi connectivity index (χ1v) is 8.45. The minimum absolute atomic E-state index is 0.295. The molecule has 0 amide bonds. The molecule has 0 radical (unpaired) electrons. The van der Waals surface area contributed by atoms with Gasteiger partial charge in [-0.05, 0) is 12.1 Å². The molecule has 1 fully saturated rings. The van der Waals surface area contributed by atoms with Gasteiger partial charge in [0.2, 0.25) is 11.8 Å². The van der Waals surface area contributed by atoms with E-state index in [2.05, 4.69) is 19.8 Å². The highest BCUT2D eigenvalue weighted by Crippen LogP contribution is 2.15. The number of β-amino-alcohol motifs (C(OH)–C–C–N with tert-alkyl or cyclic N) is 1. The predicted octanol–water partition coefficient (Wildman–Crippen LogP) is 1.05. The SMILES string of the molecule is COc1ccnc(N2CCN(CC(O)COc3ccccc3)CC2)n1. The molecule has 7 nitrogen and oxygen atoms in total. The van der Waals surface area contributed by atoms with Crippen molar-refractivity contribution in [1.82, 2.24) is 14.9 Å². The average molecular weight is 344 g/mol. The molecule has 1 saturated heterocycles. The minimum Gasteiger partial charge on any atom is -0.491 e. The first kappa shape index (κ1) is 17.4. The first-order valence-electron chi connectivity index (χ1n) is 8.45. The Balaban J connectivity index is 1.42. The summed E-state index contributed by atoms with van der Waals surface area (Å²) in [6.07, 6.45) is 1.19. The molecule has 25 heavy (non-hydrogen) atoms. The molecule has 134 valence electrons. The van der Waals surface area contributed by atoms with Crippen LogP contribution in [0.25, 0.3) is 0 Å². The summed E-state index contributed by atoms with van der Waals surface area (Å²) >= 11 is 0. The largest absolute Gasteiger partial charge is 0.491 e. The van der Waals surface area contributed by atoms with E-state index in [9.17, 15) is 5.11 Å². The molecule has 0 aliphatic carbocycles. The number of anilines is 1. The van der Waals surface area contributed by atoms with Crippen molar-refractivity contribution in [3.8, 4) is 11.6 Å². The molecule has 1 aromatic carbocycles. The van der Waals surface area contributed by atoms with E-state index in [4.69, 9.17) is 9.47 Å². The van der Waals surface area contributed by atoms with Crippen LogP contribution < -0.4 is 14.4 Å². The van der Waals surface area contributed by atoms with Gasteiger partial charge in [-0.3, -0.25) is 4.90 Å². The number of aliphatic hydroxyl groups is 1. The molecule has 7 heteroatoms. The number of rotatable bonds is 7. The number of aliphatic hydroxyl groups excluding tert-OH is 1. The van der Waals surface area contributed by atoms with Crippen LogP contribution in [0.2, 0.25) is 0 Å². The fourth-order valence-corrected chi connectivity index (χ4v) is 2.79. The topological polar surface area (TPSA) is 71.0 Å². The van der Waals surface area contributed by atoms with Gasteiger partial charge in [0, 0.05) is 45.0 Å². The van der Waals surface area contributed by atoms with E-state index in [0.29, 0.717) is 25.0 Å². The third-order valence-electron chi connectivity index (χ3n) is 4.14. The molecule has 1 aliphatic heterocycles. The number of piperazine rings is 1. The lowest BCUT2D eigenvalue weighted by Crippen LogP contribution is -2.49. The molecule has 0 spiro atoms. The van der Waals surface area contributed by atoms with Crippen LogP contribution in [0.4, 0.5) is 5.95 Å². The van der Waals surface area contributed by atoms with Gasteiger partial charge in [-0.1, -0.05) is 18.2 Å². The molecular formula is C18H24N4O3. The van der Waals surface area contributed by atoms with Crippen LogP contribution >= 0.6 is 0 Å². The van der Waals surface area contributed by atoms with Crippen molar-refractivity contribution in [2.45, 2.75) is 6.10 Å². The molecule has 1 atom stereocenters. The highest BCUT2D eigenvalue weighted by molar-refractivity contribution is 5.32. The average Bonchev–Trinajstić information content (AvgIpc) is 2.68. The predicted molar refractivity (Wildman–Crippen MR) is 95.2 cm³/mol. The smallest absolute Gasteiger partial charge is 0.228 e. The standard InChI is InChI=1S/C18H24N4O3/c1-24-17-7-8-19-18(20-17)22-11-9-21(10-12-22)13-15(23)14-25-16-5-3-2-4-6-16/h2-8,15,23H,9-14H2,1H3. The molecular weight excluding hydrogens is 320 g/mol. The van der Waals surface area contributed by atoms with Crippen molar-refractivity contribution >= 4 is 5.95 Å². The van der Waals surface area contributed by atoms with Gasteiger partial charge in [0.05, 0.1) is 7.11 Å². The third kappa shape index (κ3) is 5.04. The summed E-state index contributed by atoms with van der Waals surface area (Å²) in [7, 11) is 1.60. The van der Waals surface area contributed by atoms with Crippen LogP contribution in [-0.4, -0.2) is 72.5 Å². The van der Waals surface area contributed by atoms with E-state index in [-0.39, 0.29) is 0 Å². The number of hydrogen-bond donors (Lipinski definition) is 1.